The fraction of sp³-hybridized carbons (Fsp3) is 0.320. The predicted molar refractivity (Wildman–Crippen MR) is 250 cm³/mol. The molecule has 10 nitrogen and oxygen atoms in total. The Labute approximate surface area is 374 Å². The summed E-state index contributed by atoms with van der Waals surface area (Å²) in [7, 11) is 0. The minimum atomic E-state index is -0.942. The minimum Gasteiger partial charge on any atom is -0.492 e. The Morgan fingerprint density at radius 2 is 0.887 bits per heavy atom. The Morgan fingerprint density at radius 1 is 0.532 bits per heavy atom. The lowest BCUT2D eigenvalue weighted by Gasteiger charge is -2.14. The summed E-state index contributed by atoms with van der Waals surface area (Å²) < 4.78 is 27.0. The molecular weight excluding hydrogens is 821 g/mol. The topological polar surface area (TPSA) is 121 Å². The van der Waals surface area contributed by atoms with Crippen LogP contribution in [0.15, 0.2) is 131 Å². The molecule has 2 aromatic heterocycles. The van der Waals surface area contributed by atoms with Crippen LogP contribution in [0.4, 0.5) is 0 Å². The van der Waals surface area contributed by atoms with Crippen LogP contribution < -0.4 is 9.47 Å². The summed E-state index contributed by atoms with van der Waals surface area (Å²) in [6.45, 7) is 11.1. The molecule has 62 heavy (non-hydrogen) atoms. The average Bonchev–Trinajstić information content (AvgIpc) is 3.85. The number of hydrogen-bond donors (Lipinski definition) is 2. The van der Waals surface area contributed by atoms with Crippen molar-refractivity contribution in [3.63, 3.8) is 0 Å². The SMILES string of the molecule is CCO[C@@H](Cc1ccc(OCCn2c(C)ccc2-c2ccc(SC)cc2)cc1)C(=O)O.CCO[C@@H](Cc1ccc(OCCn2c(C)ccc2-c2ccc(SC)cc2)cc1)C(=O)O. The van der Waals surface area contributed by atoms with E-state index in [9.17, 15) is 19.8 Å². The molecule has 4 aromatic carbocycles. The third-order valence-electron chi connectivity index (χ3n) is 10.3. The maximum Gasteiger partial charge on any atom is 0.333 e. The highest BCUT2D eigenvalue weighted by atomic mass is 32.2. The lowest BCUT2D eigenvalue weighted by Crippen LogP contribution is -2.26. The summed E-state index contributed by atoms with van der Waals surface area (Å²) in [6.07, 6.45) is 3.19. The third kappa shape index (κ3) is 13.8. The molecule has 0 aliphatic rings. The monoisotopic (exact) mass is 878 g/mol. The van der Waals surface area contributed by atoms with Gasteiger partial charge in [-0.1, -0.05) is 48.5 Å². The van der Waals surface area contributed by atoms with E-state index in [4.69, 9.17) is 18.9 Å². The number of rotatable bonds is 22. The molecule has 12 heteroatoms. The van der Waals surface area contributed by atoms with Gasteiger partial charge in [-0.15, -0.1) is 23.5 Å². The first-order chi connectivity index (χ1) is 30.0. The second kappa shape index (κ2) is 24.3. The number of carbonyl (C=O) groups is 2. The van der Waals surface area contributed by atoms with Gasteiger partial charge in [0, 0.05) is 58.6 Å². The predicted octanol–water partition coefficient (Wildman–Crippen LogP) is 10.6. The number of aliphatic carboxylic acids is 2. The molecule has 0 amide bonds. The van der Waals surface area contributed by atoms with E-state index in [1.165, 1.54) is 43.7 Å². The van der Waals surface area contributed by atoms with Crippen LogP contribution in [0.5, 0.6) is 11.5 Å². The normalized spacial score (nSPS) is 12.0. The smallest absolute Gasteiger partial charge is 0.333 e. The van der Waals surface area contributed by atoms with Gasteiger partial charge in [-0.3, -0.25) is 0 Å². The molecule has 6 aromatic rings. The molecule has 0 saturated carbocycles. The molecule has 0 fully saturated rings. The Balaban J connectivity index is 0.000000234. The van der Waals surface area contributed by atoms with Crippen molar-refractivity contribution in [2.75, 3.05) is 38.9 Å². The average molecular weight is 879 g/mol. The zero-order chi connectivity index (χ0) is 44.4. The fourth-order valence-corrected chi connectivity index (χ4v) is 7.80. The van der Waals surface area contributed by atoms with Crippen LogP contribution in [0.2, 0.25) is 0 Å². The van der Waals surface area contributed by atoms with Crippen LogP contribution in [0, 0.1) is 13.8 Å². The molecule has 6 rings (SSSR count). The maximum atomic E-state index is 11.3. The van der Waals surface area contributed by atoms with Crippen LogP contribution in [0.1, 0.15) is 36.4 Å². The Bertz CT molecular complexity index is 2120. The lowest BCUT2D eigenvalue weighted by molar-refractivity contribution is -0.150. The first-order valence-electron chi connectivity index (χ1n) is 20.8. The summed E-state index contributed by atoms with van der Waals surface area (Å²) in [5, 5.41) is 18.5. The number of aryl methyl sites for hydroxylation is 2. The van der Waals surface area contributed by atoms with Crippen molar-refractivity contribution in [2.45, 2.75) is 75.6 Å². The first kappa shape index (κ1) is 47.6. The maximum absolute atomic E-state index is 11.3. The van der Waals surface area contributed by atoms with Gasteiger partial charge in [-0.05, 0) is 135 Å². The van der Waals surface area contributed by atoms with E-state index in [-0.39, 0.29) is 0 Å². The van der Waals surface area contributed by atoms with E-state index in [0.717, 1.165) is 35.7 Å². The van der Waals surface area contributed by atoms with Crippen molar-refractivity contribution < 1.29 is 38.7 Å². The van der Waals surface area contributed by atoms with Gasteiger partial charge in [-0.25, -0.2) is 9.59 Å². The van der Waals surface area contributed by atoms with Crippen LogP contribution >= 0.6 is 23.5 Å². The van der Waals surface area contributed by atoms with Gasteiger partial charge < -0.3 is 38.3 Å². The quantitative estimate of drug-likeness (QED) is 0.0638. The Kier molecular flexibility index (Phi) is 18.7. The molecule has 2 heterocycles. The molecule has 0 radical (unpaired) electrons. The van der Waals surface area contributed by atoms with Crippen molar-refractivity contribution in [3.8, 4) is 34.0 Å². The van der Waals surface area contributed by atoms with Crippen LogP contribution in [0.25, 0.3) is 22.5 Å². The number of carboxylic acid groups (broad SMARTS) is 2. The van der Waals surface area contributed by atoms with Gasteiger partial charge in [0.1, 0.15) is 24.7 Å². The van der Waals surface area contributed by atoms with Crippen molar-refractivity contribution in [1.29, 1.82) is 0 Å². The molecular formula is C50H58N2O8S2. The number of benzene rings is 4. The van der Waals surface area contributed by atoms with Gasteiger partial charge in [-0.2, -0.15) is 0 Å². The number of carboxylic acids is 2. The van der Waals surface area contributed by atoms with Crippen molar-refractivity contribution in [1.82, 2.24) is 9.13 Å². The molecule has 2 N–H and O–H groups in total. The second-order valence-electron chi connectivity index (χ2n) is 14.4. The Hall–Kier alpha value is -5.40. The van der Waals surface area contributed by atoms with E-state index in [1.54, 1.807) is 37.4 Å². The highest BCUT2D eigenvalue weighted by molar-refractivity contribution is 7.98. The summed E-state index contributed by atoms with van der Waals surface area (Å²) in [5.41, 5.74) is 8.95. The number of ether oxygens (including phenoxy) is 4. The molecule has 0 bridgehead atoms. The third-order valence-corrected chi connectivity index (χ3v) is 11.8. The minimum absolute atomic E-state index is 0.338. The van der Waals surface area contributed by atoms with Gasteiger partial charge in [0.2, 0.25) is 0 Å². The standard InChI is InChI=1S/2C25H29NO4S/c2*1-4-29-24(25(27)28)17-19-6-10-21(11-7-19)30-16-15-26-18(2)5-14-23(26)20-8-12-22(31-3)13-9-20/h2*5-14,24H,4,15-17H2,1-3H3,(H,27,28)/t2*24-/m00/s1. The molecule has 0 spiro atoms. The van der Waals surface area contributed by atoms with E-state index in [0.29, 0.717) is 39.3 Å². The van der Waals surface area contributed by atoms with Crippen LogP contribution in [-0.2, 0) is 45.0 Å². The van der Waals surface area contributed by atoms with E-state index in [2.05, 4.69) is 108 Å². The van der Waals surface area contributed by atoms with Crippen molar-refractivity contribution >= 4 is 35.5 Å². The zero-order valence-corrected chi connectivity index (χ0v) is 38.0. The van der Waals surface area contributed by atoms with Gasteiger partial charge in [0.05, 0.1) is 13.1 Å². The number of hydrogen-bond acceptors (Lipinski definition) is 8. The number of aromatic nitrogens is 2. The zero-order valence-electron chi connectivity index (χ0n) is 36.4. The van der Waals surface area contributed by atoms with Gasteiger partial charge >= 0.3 is 11.9 Å². The molecule has 328 valence electrons. The largest absolute Gasteiger partial charge is 0.492 e. The highest BCUT2D eigenvalue weighted by Crippen LogP contribution is 2.27. The number of thioether (sulfide) groups is 2. The fourth-order valence-electron chi connectivity index (χ4n) is 6.98. The van der Waals surface area contributed by atoms with Crippen molar-refractivity contribution in [3.05, 3.63) is 144 Å². The Morgan fingerprint density at radius 3 is 1.19 bits per heavy atom. The number of nitrogens with zero attached hydrogens (tertiary/aromatic N) is 2. The lowest BCUT2D eigenvalue weighted by atomic mass is 10.1. The van der Waals surface area contributed by atoms with Crippen molar-refractivity contribution in [2.24, 2.45) is 0 Å². The highest BCUT2D eigenvalue weighted by Gasteiger charge is 2.19. The first-order valence-corrected chi connectivity index (χ1v) is 23.2. The van der Waals surface area contributed by atoms with E-state index >= 15 is 0 Å². The summed E-state index contributed by atoms with van der Waals surface area (Å²) in [6, 6.07) is 40.8. The molecule has 0 aliphatic heterocycles. The molecule has 0 saturated heterocycles. The molecule has 0 unspecified atom stereocenters. The van der Waals surface area contributed by atoms with Crippen LogP contribution in [0.3, 0.4) is 0 Å². The summed E-state index contributed by atoms with van der Waals surface area (Å²) in [5.74, 6) is -0.350. The van der Waals surface area contributed by atoms with Gasteiger partial charge in [0.15, 0.2) is 12.2 Å². The summed E-state index contributed by atoms with van der Waals surface area (Å²) in [4.78, 5) is 25.0. The van der Waals surface area contributed by atoms with Gasteiger partial charge in [0.25, 0.3) is 0 Å². The summed E-state index contributed by atoms with van der Waals surface area (Å²) >= 11 is 3.48. The van der Waals surface area contributed by atoms with Crippen LogP contribution in [-0.4, -0.2) is 82.4 Å². The second-order valence-corrected chi connectivity index (χ2v) is 16.2. The molecule has 0 aliphatic carbocycles. The molecule has 2 atom stereocenters. The van der Waals surface area contributed by atoms with E-state index in [1.807, 2.05) is 48.5 Å². The van der Waals surface area contributed by atoms with E-state index < -0.39 is 24.1 Å².